The van der Waals surface area contributed by atoms with E-state index in [2.05, 4.69) is 10.8 Å². The number of nitrogens with zero attached hydrogens (tertiary/aromatic N) is 1. The first-order chi connectivity index (χ1) is 13.9. The van der Waals surface area contributed by atoms with Gasteiger partial charge in [0, 0.05) is 18.7 Å². The molecule has 4 rings (SSSR count). The Labute approximate surface area is 168 Å². The highest BCUT2D eigenvalue weighted by molar-refractivity contribution is 7.92. The van der Waals surface area contributed by atoms with E-state index < -0.39 is 15.8 Å². The Morgan fingerprint density at radius 2 is 1.55 bits per heavy atom. The van der Waals surface area contributed by atoms with E-state index in [0.717, 1.165) is 12.0 Å². The molecule has 3 aromatic carbocycles. The van der Waals surface area contributed by atoms with E-state index in [9.17, 15) is 17.6 Å². The van der Waals surface area contributed by atoms with Crippen LogP contribution in [0.25, 0.3) is 0 Å². The van der Waals surface area contributed by atoms with E-state index in [4.69, 9.17) is 0 Å². The summed E-state index contributed by atoms with van der Waals surface area (Å²) in [7, 11) is -3.96. The second-order valence-corrected chi connectivity index (χ2v) is 8.54. The number of halogens is 1. The van der Waals surface area contributed by atoms with E-state index in [1.54, 1.807) is 11.0 Å². The molecule has 0 bridgehead atoms. The number of nitrogens with one attached hydrogen (secondary N) is 1. The smallest absolute Gasteiger partial charge is 0.261 e. The summed E-state index contributed by atoms with van der Waals surface area (Å²) in [5.74, 6) is -0.807. The molecule has 1 amide bonds. The molecular formula is C22H19FN2O3S. The molecule has 0 aromatic heterocycles. The molecule has 0 fully saturated rings. The highest BCUT2D eigenvalue weighted by atomic mass is 32.2. The molecule has 1 heterocycles. The molecule has 7 heteroatoms. The van der Waals surface area contributed by atoms with Crippen molar-refractivity contribution in [2.75, 3.05) is 11.3 Å². The van der Waals surface area contributed by atoms with Gasteiger partial charge < -0.3 is 4.90 Å². The van der Waals surface area contributed by atoms with Crippen molar-refractivity contribution in [2.24, 2.45) is 0 Å². The number of benzene rings is 3. The predicted octanol–water partition coefficient (Wildman–Crippen LogP) is 3.83. The zero-order chi connectivity index (χ0) is 20.4. The maximum atomic E-state index is 13.7. The maximum Gasteiger partial charge on any atom is 0.261 e. The molecule has 1 N–H and O–H groups in total. The van der Waals surface area contributed by atoms with Gasteiger partial charge >= 0.3 is 0 Å². The fourth-order valence-electron chi connectivity index (χ4n) is 3.38. The lowest BCUT2D eigenvalue weighted by molar-refractivity contribution is 0.0734. The van der Waals surface area contributed by atoms with Crippen LogP contribution in [0.5, 0.6) is 0 Å². The van der Waals surface area contributed by atoms with Crippen molar-refractivity contribution in [3.8, 4) is 0 Å². The Morgan fingerprint density at radius 3 is 2.28 bits per heavy atom. The van der Waals surface area contributed by atoms with Crippen LogP contribution in [-0.4, -0.2) is 25.8 Å². The monoisotopic (exact) mass is 410 g/mol. The van der Waals surface area contributed by atoms with Crippen LogP contribution in [0, 0.1) is 5.82 Å². The van der Waals surface area contributed by atoms with Gasteiger partial charge in [-0.15, -0.1) is 0 Å². The van der Waals surface area contributed by atoms with Crippen LogP contribution in [-0.2, 0) is 23.0 Å². The van der Waals surface area contributed by atoms with Crippen molar-refractivity contribution in [1.29, 1.82) is 0 Å². The molecule has 0 saturated heterocycles. The molecule has 148 valence electrons. The van der Waals surface area contributed by atoms with Crippen LogP contribution in [0.2, 0.25) is 0 Å². The van der Waals surface area contributed by atoms with E-state index in [1.165, 1.54) is 48.0 Å². The van der Waals surface area contributed by atoms with Gasteiger partial charge in [0.05, 0.1) is 10.6 Å². The fourth-order valence-corrected chi connectivity index (χ4v) is 4.44. The van der Waals surface area contributed by atoms with Gasteiger partial charge in [0.25, 0.3) is 15.9 Å². The molecule has 3 aromatic rings. The third-order valence-electron chi connectivity index (χ3n) is 4.95. The Morgan fingerprint density at radius 1 is 0.897 bits per heavy atom. The van der Waals surface area contributed by atoms with E-state index >= 15 is 0 Å². The largest absolute Gasteiger partial charge is 0.334 e. The normalized spacial score (nSPS) is 13.6. The van der Waals surface area contributed by atoms with Crippen molar-refractivity contribution in [2.45, 2.75) is 17.9 Å². The Kier molecular flexibility index (Phi) is 5.07. The zero-order valence-corrected chi connectivity index (χ0v) is 16.3. The number of para-hydroxylation sites is 1. The lowest BCUT2D eigenvalue weighted by atomic mass is 9.99. The van der Waals surface area contributed by atoms with Gasteiger partial charge in [-0.3, -0.25) is 9.52 Å². The van der Waals surface area contributed by atoms with Gasteiger partial charge in [-0.1, -0.05) is 36.4 Å². The minimum absolute atomic E-state index is 0.0405. The van der Waals surface area contributed by atoms with E-state index in [-0.39, 0.29) is 16.5 Å². The SMILES string of the molecule is O=C(c1ccc(S(=O)(=O)Nc2ccccc2F)cc1)N1CCc2ccccc2C1. The summed E-state index contributed by atoms with van der Waals surface area (Å²) >= 11 is 0. The quantitative estimate of drug-likeness (QED) is 0.711. The molecular weight excluding hydrogens is 391 g/mol. The summed E-state index contributed by atoms with van der Waals surface area (Å²) in [6, 6.07) is 19.2. The van der Waals surface area contributed by atoms with Crippen LogP contribution < -0.4 is 4.72 Å². The maximum absolute atomic E-state index is 13.7. The third kappa shape index (κ3) is 4.00. The highest BCUT2D eigenvalue weighted by Gasteiger charge is 2.22. The molecule has 0 radical (unpaired) electrons. The summed E-state index contributed by atoms with van der Waals surface area (Å²) in [6.45, 7) is 1.15. The second kappa shape index (κ2) is 7.67. The summed E-state index contributed by atoms with van der Waals surface area (Å²) < 4.78 is 41.0. The lowest BCUT2D eigenvalue weighted by Gasteiger charge is -2.29. The first-order valence-corrected chi connectivity index (χ1v) is 10.7. The van der Waals surface area contributed by atoms with Gasteiger partial charge in [-0.2, -0.15) is 0 Å². The predicted molar refractivity (Wildman–Crippen MR) is 109 cm³/mol. The number of fused-ring (bicyclic) bond motifs is 1. The van der Waals surface area contributed by atoms with Gasteiger partial charge in [-0.25, -0.2) is 12.8 Å². The van der Waals surface area contributed by atoms with Crippen LogP contribution in [0.15, 0.2) is 77.7 Å². The van der Waals surface area contributed by atoms with Crippen molar-refractivity contribution in [3.63, 3.8) is 0 Å². The van der Waals surface area contributed by atoms with E-state index in [1.807, 2.05) is 18.2 Å². The second-order valence-electron chi connectivity index (χ2n) is 6.86. The van der Waals surface area contributed by atoms with Gasteiger partial charge in [0.1, 0.15) is 5.82 Å². The average molecular weight is 410 g/mol. The summed E-state index contributed by atoms with van der Waals surface area (Å²) in [5, 5.41) is 0. The number of hydrogen-bond donors (Lipinski definition) is 1. The van der Waals surface area contributed by atoms with Crippen LogP contribution in [0.4, 0.5) is 10.1 Å². The molecule has 0 spiro atoms. The number of anilines is 1. The first kappa shape index (κ1) is 19.1. The molecule has 1 aliphatic heterocycles. The van der Waals surface area contributed by atoms with Gasteiger partial charge in [0.15, 0.2) is 0 Å². The minimum Gasteiger partial charge on any atom is -0.334 e. The third-order valence-corrected chi connectivity index (χ3v) is 6.33. The Hall–Kier alpha value is -3.19. The lowest BCUT2D eigenvalue weighted by Crippen LogP contribution is -2.35. The number of carbonyl (C=O) groups is 1. The topological polar surface area (TPSA) is 66.5 Å². The molecule has 29 heavy (non-hydrogen) atoms. The van der Waals surface area contributed by atoms with Crippen molar-refractivity contribution >= 4 is 21.6 Å². The summed E-state index contributed by atoms with van der Waals surface area (Å²) in [5.41, 5.74) is 2.66. The Balaban J connectivity index is 1.50. The van der Waals surface area contributed by atoms with Gasteiger partial charge in [0.2, 0.25) is 0 Å². The number of rotatable bonds is 4. The molecule has 0 atom stereocenters. The number of sulfonamides is 1. The minimum atomic E-state index is -3.96. The summed E-state index contributed by atoms with van der Waals surface area (Å²) in [4.78, 5) is 14.5. The summed E-state index contributed by atoms with van der Waals surface area (Å²) in [6.07, 6.45) is 0.793. The standard InChI is InChI=1S/C22H19FN2O3S/c23-20-7-3-4-8-21(20)24-29(27,28)19-11-9-17(10-12-19)22(26)25-14-13-16-5-1-2-6-18(16)15-25/h1-12,24H,13-15H2. The van der Waals surface area contributed by atoms with Crippen molar-refractivity contribution < 1.29 is 17.6 Å². The molecule has 0 unspecified atom stereocenters. The zero-order valence-electron chi connectivity index (χ0n) is 15.5. The van der Waals surface area contributed by atoms with Crippen molar-refractivity contribution in [3.05, 3.63) is 95.3 Å². The first-order valence-electron chi connectivity index (χ1n) is 9.17. The molecule has 0 aliphatic carbocycles. The fraction of sp³-hybridized carbons (Fsp3) is 0.136. The highest BCUT2D eigenvalue weighted by Crippen LogP contribution is 2.22. The van der Waals surface area contributed by atoms with E-state index in [0.29, 0.717) is 18.7 Å². The van der Waals surface area contributed by atoms with Gasteiger partial charge in [-0.05, 0) is 53.9 Å². The average Bonchev–Trinajstić information content (AvgIpc) is 2.74. The number of carbonyl (C=O) groups excluding carboxylic acids is 1. The van der Waals surface area contributed by atoms with Crippen LogP contribution >= 0.6 is 0 Å². The number of hydrogen-bond acceptors (Lipinski definition) is 3. The Bertz CT molecular complexity index is 1160. The molecule has 0 saturated carbocycles. The van der Waals surface area contributed by atoms with Crippen LogP contribution in [0.1, 0.15) is 21.5 Å². The van der Waals surface area contributed by atoms with Crippen molar-refractivity contribution in [1.82, 2.24) is 4.90 Å². The van der Waals surface area contributed by atoms with Crippen LogP contribution in [0.3, 0.4) is 0 Å². The molecule has 1 aliphatic rings. The number of amides is 1. The molecule has 5 nitrogen and oxygen atoms in total.